The Morgan fingerprint density at radius 3 is 3.06 bits per heavy atom. The molecule has 0 atom stereocenters. The molecular formula is C12H12BrN3O2. The molecule has 0 fully saturated rings. The zero-order chi connectivity index (χ0) is 13.0. The van der Waals surface area contributed by atoms with E-state index in [-0.39, 0.29) is 5.91 Å². The Hall–Kier alpha value is -1.82. The fourth-order valence-electron chi connectivity index (χ4n) is 1.43. The molecule has 1 amide bonds. The Kier molecular flexibility index (Phi) is 3.99. The van der Waals surface area contributed by atoms with E-state index in [4.69, 9.17) is 10.2 Å². The second-order valence-corrected chi connectivity index (χ2v) is 4.58. The molecule has 0 aromatic carbocycles. The van der Waals surface area contributed by atoms with Gasteiger partial charge in [-0.2, -0.15) is 0 Å². The fourth-order valence-corrected chi connectivity index (χ4v) is 1.90. The van der Waals surface area contributed by atoms with Crippen molar-refractivity contribution in [1.29, 1.82) is 0 Å². The number of halogens is 1. The van der Waals surface area contributed by atoms with Gasteiger partial charge in [0.1, 0.15) is 11.6 Å². The first-order chi connectivity index (χ1) is 8.65. The van der Waals surface area contributed by atoms with Crippen molar-refractivity contribution in [3.8, 4) is 0 Å². The number of anilines is 2. The van der Waals surface area contributed by atoms with Gasteiger partial charge in [-0.3, -0.25) is 4.79 Å². The predicted octanol–water partition coefficient (Wildman–Crippen LogP) is 2.59. The van der Waals surface area contributed by atoms with Crippen molar-refractivity contribution in [2.24, 2.45) is 0 Å². The van der Waals surface area contributed by atoms with Crippen LogP contribution in [-0.4, -0.2) is 10.9 Å². The number of aromatic nitrogens is 1. The number of carbonyl (C=O) groups excluding carboxylic acids is 1. The quantitative estimate of drug-likeness (QED) is 0.909. The Bertz CT molecular complexity index is 540. The molecule has 0 radical (unpaired) electrons. The first-order valence-corrected chi connectivity index (χ1v) is 6.17. The highest BCUT2D eigenvalue weighted by Crippen LogP contribution is 2.21. The maximum absolute atomic E-state index is 11.7. The smallest absolute Gasteiger partial charge is 0.226 e. The summed E-state index contributed by atoms with van der Waals surface area (Å²) in [5.41, 5.74) is 6.10. The number of aryl methyl sites for hydroxylation is 1. The SMILES string of the molecule is Nc1cnc(NC(=O)CCc2ccco2)c(Br)c1. The van der Waals surface area contributed by atoms with Crippen LogP contribution in [0, 0.1) is 0 Å². The summed E-state index contributed by atoms with van der Waals surface area (Å²) in [5.74, 6) is 1.13. The third-order valence-electron chi connectivity index (χ3n) is 2.30. The second-order valence-electron chi connectivity index (χ2n) is 3.73. The number of hydrogen-bond acceptors (Lipinski definition) is 4. The summed E-state index contributed by atoms with van der Waals surface area (Å²) in [6.45, 7) is 0. The highest BCUT2D eigenvalue weighted by molar-refractivity contribution is 9.10. The van der Waals surface area contributed by atoms with Gasteiger partial charge in [0, 0.05) is 12.8 Å². The van der Waals surface area contributed by atoms with Crippen molar-refractivity contribution in [2.75, 3.05) is 11.1 Å². The van der Waals surface area contributed by atoms with E-state index in [0.29, 0.717) is 28.8 Å². The minimum absolute atomic E-state index is 0.121. The minimum Gasteiger partial charge on any atom is -0.469 e. The number of nitrogens with zero attached hydrogens (tertiary/aromatic N) is 1. The van der Waals surface area contributed by atoms with E-state index in [1.54, 1.807) is 18.4 Å². The summed E-state index contributed by atoms with van der Waals surface area (Å²) >= 11 is 3.29. The van der Waals surface area contributed by atoms with Crippen LogP contribution in [0.15, 0.2) is 39.5 Å². The Balaban J connectivity index is 1.91. The standard InChI is InChI=1S/C12H12BrN3O2/c13-10-6-8(14)7-15-12(10)16-11(17)4-3-9-2-1-5-18-9/h1-2,5-7H,3-4,14H2,(H,15,16,17). The molecule has 0 unspecified atom stereocenters. The molecule has 18 heavy (non-hydrogen) atoms. The lowest BCUT2D eigenvalue weighted by Crippen LogP contribution is -2.13. The molecule has 0 spiro atoms. The maximum atomic E-state index is 11.7. The van der Waals surface area contributed by atoms with E-state index in [0.717, 1.165) is 5.76 Å². The molecule has 0 aliphatic carbocycles. The molecule has 0 bridgehead atoms. The fraction of sp³-hybridized carbons (Fsp3) is 0.167. The Labute approximate surface area is 113 Å². The van der Waals surface area contributed by atoms with Crippen LogP contribution in [0.4, 0.5) is 11.5 Å². The lowest BCUT2D eigenvalue weighted by Gasteiger charge is -2.06. The van der Waals surface area contributed by atoms with Crippen molar-refractivity contribution < 1.29 is 9.21 Å². The lowest BCUT2D eigenvalue weighted by atomic mass is 10.2. The van der Waals surface area contributed by atoms with Gasteiger partial charge in [-0.15, -0.1) is 0 Å². The predicted molar refractivity (Wildman–Crippen MR) is 72.0 cm³/mol. The van der Waals surface area contributed by atoms with Crippen molar-refractivity contribution >= 4 is 33.3 Å². The van der Waals surface area contributed by atoms with E-state index in [2.05, 4.69) is 26.2 Å². The molecule has 0 saturated heterocycles. The van der Waals surface area contributed by atoms with Gasteiger partial charge in [-0.1, -0.05) is 0 Å². The van der Waals surface area contributed by atoms with Crippen molar-refractivity contribution in [3.63, 3.8) is 0 Å². The number of nitrogens with two attached hydrogens (primary N) is 1. The number of nitrogens with one attached hydrogen (secondary N) is 1. The zero-order valence-electron chi connectivity index (χ0n) is 9.52. The average Bonchev–Trinajstić information content (AvgIpc) is 2.83. The van der Waals surface area contributed by atoms with Crippen LogP contribution in [0.1, 0.15) is 12.2 Å². The number of pyridine rings is 1. The van der Waals surface area contributed by atoms with Crippen LogP contribution in [-0.2, 0) is 11.2 Å². The third-order valence-corrected chi connectivity index (χ3v) is 2.90. The van der Waals surface area contributed by atoms with Crippen LogP contribution in [0.5, 0.6) is 0 Å². The normalized spacial score (nSPS) is 10.3. The molecule has 0 aliphatic rings. The van der Waals surface area contributed by atoms with Crippen molar-refractivity contribution in [2.45, 2.75) is 12.8 Å². The summed E-state index contributed by atoms with van der Waals surface area (Å²) in [6.07, 6.45) is 3.98. The molecule has 5 nitrogen and oxygen atoms in total. The third kappa shape index (κ3) is 3.33. The van der Waals surface area contributed by atoms with E-state index < -0.39 is 0 Å². The molecule has 0 saturated carbocycles. The van der Waals surface area contributed by atoms with Gasteiger partial charge in [0.05, 0.1) is 22.6 Å². The van der Waals surface area contributed by atoms with Crippen molar-refractivity contribution in [1.82, 2.24) is 4.98 Å². The largest absolute Gasteiger partial charge is 0.469 e. The van der Waals surface area contributed by atoms with Crippen LogP contribution < -0.4 is 11.1 Å². The van der Waals surface area contributed by atoms with Crippen LogP contribution >= 0.6 is 15.9 Å². The summed E-state index contributed by atoms with van der Waals surface area (Å²) in [5, 5.41) is 2.71. The van der Waals surface area contributed by atoms with Crippen molar-refractivity contribution in [3.05, 3.63) is 40.9 Å². The highest BCUT2D eigenvalue weighted by atomic mass is 79.9. The molecular weight excluding hydrogens is 298 g/mol. The topological polar surface area (TPSA) is 81.1 Å². The number of furan rings is 1. The molecule has 0 aliphatic heterocycles. The average molecular weight is 310 g/mol. The van der Waals surface area contributed by atoms with Gasteiger partial charge in [-0.25, -0.2) is 4.98 Å². The second kappa shape index (κ2) is 5.68. The molecule has 2 rings (SSSR count). The summed E-state index contributed by atoms with van der Waals surface area (Å²) < 4.78 is 5.81. The molecule has 2 heterocycles. The number of nitrogen functional groups attached to an aromatic ring is 1. The van der Waals surface area contributed by atoms with E-state index >= 15 is 0 Å². The zero-order valence-corrected chi connectivity index (χ0v) is 11.1. The number of amides is 1. The van der Waals surface area contributed by atoms with E-state index in [9.17, 15) is 4.79 Å². The number of rotatable bonds is 4. The molecule has 2 aromatic rings. The summed E-state index contributed by atoms with van der Waals surface area (Å²) in [7, 11) is 0. The molecule has 94 valence electrons. The molecule has 6 heteroatoms. The monoisotopic (exact) mass is 309 g/mol. The van der Waals surface area contributed by atoms with Crippen LogP contribution in [0.3, 0.4) is 0 Å². The number of carbonyl (C=O) groups is 1. The Morgan fingerprint density at radius 1 is 1.56 bits per heavy atom. The van der Waals surface area contributed by atoms with Gasteiger partial charge >= 0.3 is 0 Å². The maximum Gasteiger partial charge on any atom is 0.226 e. The van der Waals surface area contributed by atoms with Crippen LogP contribution in [0.25, 0.3) is 0 Å². The van der Waals surface area contributed by atoms with E-state index in [1.807, 2.05) is 6.07 Å². The van der Waals surface area contributed by atoms with Gasteiger partial charge in [-0.05, 0) is 34.1 Å². The highest BCUT2D eigenvalue weighted by Gasteiger charge is 2.08. The molecule has 3 N–H and O–H groups in total. The van der Waals surface area contributed by atoms with Gasteiger partial charge in [0.15, 0.2) is 0 Å². The van der Waals surface area contributed by atoms with Gasteiger partial charge in [0.25, 0.3) is 0 Å². The summed E-state index contributed by atoms with van der Waals surface area (Å²) in [4.78, 5) is 15.7. The minimum atomic E-state index is -0.121. The van der Waals surface area contributed by atoms with Crippen LogP contribution in [0.2, 0.25) is 0 Å². The molecule has 2 aromatic heterocycles. The van der Waals surface area contributed by atoms with Gasteiger partial charge in [0.2, 0.25) is 5.91 Å². The first-order valence-electron chi connectivity index (χ1n) is 5.38. The lowest BCUT2D eigenvalue weighted by molar-refractivity contribution is -0.116. The number of hydrogen-bond donors (Lipinski definition) is 2. The Morgan fingerprint density at radius 2 is 2.39 bits per heavy atom. The van der Waals surface area contributed by atoms with Gasteiger partial charge < -0.3 is 15.5 Å². The first kappa shape index (κ1) is 12.6. The van der Waals surface area contributed by atoms with E-state index in [1.165, 1.54) is 6.20 Å². The summed E-state index contributed by atoms with van der Waals surface area (Å²) in [6, 6.07) is 5.32.